The van der Waals surface area contributed by atoms with Gasteiger partial charge in [-0.1, -0.05) is 6.42 Å². The molecule has 1 aromatic heterocycles. The quantitative estimate of drug-likeness (QED) is 0.849. The van der Waals surface area contributed by atoms with Crippen LogP contribution in [0.5, 0.6) is 0 Å². The average molecular weight is 333 g/mol. The predicted molar refractivity (Wildman–Crippen MR) is 93.2 cm³/mol. The highest BCUT2D eigenvalue weighted by atomic mass is 16.2. The summed E-state index contributed by atoms with van der Waals surface area (Å²) < 4.78 is 0. The van der Waals surface area contributed by atoms with Crippen molar-refractivity contribution in [3.8, 4) is 0 Å². The van der Waals surface area contributed by atoms with Gasteiger partial charge in [-0.3, -0.25) is 19.5 Å². The predicted octanol–water partition coefficient (Wildman–Crippen LogP) is 0.648. The summed E-state index contributed by atoms with van der Waals surface area (Å²) in [6, 6.07) is 1.59. The van der Waals surface area contributed by atoms with Crippen molar-refractivity contribution in [2.24, 2.45) is 0 Å². The van der Waals surface area contributed by atoms with E-state index >= 15 is 0 Å². The molecule has 3 heterocycles. The number of anilines is 1. The Kier molecular flexibility index (Phi) is 5.18. The van der Waals surface area contributed by atoms with Crippen molar-refractivity contribution in [2.45, 2.75) is 51.1 Å². The van der Waals surface area contributed by atoms with Crippen LogP contribution in [0.25, 0.3) is 0 Å². The van der Waals surface area contributed by atoms with E-state index in [2.05, 4.69) is 25.1 Å². The molecule has 0 saturated carbocycles. The maximum Gasteiger partial charge on any atom is 0.252 e. The Morgan fingerprint density at radius 1 is 1.29 bits per heavy atom. The molecule has 7 heteroatoms. The van der Waals surface area contributed by atoms with E-state index in [0.717, 1.165) is 38.8 Å². The summed E-state index contributed by atoms with van der Waals surface area (Å²) in [6.07, 6.45) is 5.17. The molecule has 2 N–H and O–H groups in total. The van der Waals surface area contributed by atoms with Crippen molar-refractivity contribution in [2.75, 3.05) is 31.6 Å². The van der Waals surface area contributed by atoms with Gasteiger partial charge in [0, 0.05) is 30.9 Å². The minimum atomic E-state index is -0.132. The normalized spacial score (nSPS) is 25.5. The number of H-pyrrole nitrogens is 1. The molecule has 0 bridgehead atoms. The maximum absolute atomic E-state index is 12.6. The molecule has 0 radical (unpaired) electrons. The van der Waals surface area contributed by atoms with Crippen LogP contribution < -0.4 is 15.8 Å². The van der Waals surface area contributed by atoms with Gasteiger partial charge in [0.2, 0.25) is 11.9 Å². The molecule has 2 fully saturated rings. The molecule has 24 heavy (non-hydrogen) atoms. The van der Waals surface area contributed by atoms with Crippen molar-refractivity contribution in [3.63, 3.8) is 0 Å². The molecule has 132 valence electrons. The first-order chi connectivity index (χ1) is 11.5. The third kappa shape index (κ3) is 3.95. The van der Waals surface area contributed by atoms with E-state index in [4.69, 9.17) is 0 Å². The molecule has 1 aromatic rings. The number of carbonyl (C=O) groups excluding carboxylic acids is 1. The van der Waals surface area contributed by atoms with Gasteiger partial charge in [-0.25, -0.2) is 4.98 Å². The van der Waals surface area contributed by atoms with Gasteiger partial charge in [-0.15, -0.1) is 0 Å². The fourth-order valence-corrected chi connectivity index (χ4v) is 3.70. The highest BCUT2D eigenvalue weighted by Gasteiger charge is 2.29. The standard InChI is InChI=1S/C17H27N5O2/c1-12-10-15(23)20-17(18-12)22-9-5-6-13(11-22)19-16(24)14-7-3-4-8-21(14)2/h10,13-14H,3-9,11H2,1-2H3,(H,19,24)(H,18,20,23). The van der Waals surface area contributed by atoms with Gasteiger partial charge in [-0.2, -0.15) is 0 Å². The second kappa shape index (κ2) is 7.34. The van der Waals surface area contributed by atoms with E-state index in [1.807, 2.05) is 14.0 Å². The first-order valence-corrected chi connectivity index (χ1v) is 8.86. The van der Waals surface area contributed by atoms with E-state index < -0.39 is 0 Å². The van der Waals surface area contributed by atoms with Gasteiger partial charge < -0.3 is 10.2 Å². The molecular formula is C17H27N5O2. The Balaban J connectivity index is 1.63. The molecule has 0 spiro atoms. The highest BCUT2D eigenvalue weighted by Crippen LogP contribution is 2.18. The number of aromatic nitrogens is 2. The molecule has 2 aliphatic rings. The number of hydrogen-bond acceptors (Lipinski definition) is 5. The Morgan fingerprint density at radius 3 is 2.88 bits per heavy atom. The lowest BCUT2D eigenvalue weighted by molar-refractivity contribution is -0.127. The summed E-state index contributed by atoms with van der Waals surface area (Å²) in [5.74, 6) is 0.739. The van der Waals surface area contributed by atoms with Crippen LogP contribution in [-0.4, -0.2) is 59.5 Å². The summed E-state index contributed by atoms with van der Waals surface area (Å²) in [7, 11) is 2.03. The third-order valence-electron chi connectivity index (χ3n) is 5.00. The zero-order valence-electron chi connectivity index (χ0n) is 14.5. The summed E-state index contributed by atoms with van der Waals surface area (Å²) in [5, 5.41) is 3.21. The number of aryl methyl sites for hydroxylation is 1. The van der Waals surface area contributed by atoms with Crippen LogP contribution in [0.4, 0.5) is 5.95 Å². The van der Waals surface area contributed by atoms with Crippen molar-refractivity contribution in [1.29, 1.82) is 0 Å². The third-order valence-corrected chi connectivity index (χ3v) is 5.00. The summed E-state index contributed by atoms with van der Waals surface area (Å²) in [5.41, 5.74) is 0.580. The molecule has 1 amide bonds. The highest BCUT2D eigenvalue weighted by molar-refractivity contribution is 5.82. The van der Waals surface area contributed by atoms with E-state index in [-0.39, 0.29) is 23.6 Å². The monoisotopic (exact) mass is 333 g/mol. The lowest BCUT2D eigenvalue weighted by atomic mass is 10.0. The van der Waals surface area contributed by atoms with Crippen LogP contribution in [0.15, 0.2) is 10.9 Å². The number of carbonyl (C=O) groups is 1. The zero-order valence-corrected chi connectivity index (χ0v) is 14.5. The molecule has 2 unspecified atom stereocenters. The van der Waals surface area contributed by atoms with Gasteiger partial charge in [0.1, 0.15) is 0 Å². The second-order valence-corrected chi connectivity index (χ2v) is 7.00. The number of nitrogens with zero attached hydrogens (tertiary/aromatic N) is 3. The van der Waals surface area contributed by atoms with Crippen molar-refractivity contribution in [3.05, 3.63) is 22.1 Å². The summed E-state index contributed by atoms with van der Waals surface area (Å²) in [4.78, 5) is 35.7. The fourth-order valence-electron chi connectivity index (χ4n) is 3.70. The molecule has 2 aliphatic heterocycles. The van der Waals surface area contributed by atoms with Gasteiger partial charge in [0.25, 0.3) is 5.56 Å². The summed E-state index contributed by atoms with van der Waals surface area (Å²) in [6.45, 7) is 4.35. The number of hydrogen-bond donors (Lipinski definition) is 2. The number of nitrogens with one attached hydrogen (secondary N) is 2. The smallest absolute Gasteiger partial charge is 0.252 e. The molecule has 2 saturated heterocycles. The maximum atomic E-state index is 12.6. The molecule has 2 atom stereocenters. The Hall–Kier alpha value is -1.89. The Morgan fingerprint density at radius 2 is 2.12 bits per heavy atom. The van der Waals surface area contributed by atoms with Gasteiger partial charge in [0.15, 0.2) is 0 Å². The molecule has 3 rings (SSSR count). The van der Waals surface area contributed by atoms with Gasteiger partial charge in [-0.05, 0) is 46.2 Å². The number of likely N-dealkylation sites (N-methyl/N-ethyl adjacent to an activating group) is 1. The van der Waals surface area contributed by atoms with Crippen molar-refractivity contribution >= 4 is 11.9 Å². The molecule has 0 aromatic carbocycles. The Bertz CT molecular complexity index is 644. The van der Waals surface area contributed by atoms with Crippen molar-refractivity contribution in [1.82, 2.24) is 20.2 Å². The number of rotatable bonds is 3. The van der Waals surface area contributed by atoms with E-state index in [9.17, 15) is 9.59 Å². The number of likely N-dealkylation sites (tertiary alicyclic amines) is 1. The van der Waals surface area contributed by atoms with Gasteiger partial charge >= 0.3 is 0 Å². The van der Waals surface area contributed by atoms with Crippen molar-refractivity contribution < 1.29 is 4.79 Å². The number of amides is 1. The largest absolute Gasteiger partial charge is 0.350 e. The fraction of sp³-hybridized carbons (Fsp3) is 0.706. The second-order valence-electron chi connectivity index (χ2n) is 7.00. The Labute approximate surface area is 142 Å². The van der Waals surface area contributed by atoms with Crippen LogP contribution >= 0.6 is 0 Å². The first-order valence-electron chi connectivity index (χ1n) is 8.86. The van der Waals surface area contributed by atoms with Gasteiger partial charge in [0.05, 0.1) is 6.04 Å². The molecular weight excluding hydrogens is 306 g/mol. The van der Waals surface area contributed by atoms with Crippen LogP contribution in [-0.2, 0) is 4.79 Å². The van der Waals surface area contributed by atoms with E-state index in [0.29, 0.717) is 18.2 Å². The number of aromatic amines is 1. The topological polar surface area (TPSA) is 81.3 Å². The van der Waals surface area contributed by atoms with Crippen LogP contribution in [0, 0.1) is 6.92 Å². The van der Waals surface area contributed by atoms with E-state index in [1.54, 1.807) is 0 Å². The van der Waals surface area contributed by atoms with Crippen LogP contribution in [0.1, 0.15) is 37.8 Å². The molecule has 7 nitrogen and oxygen atoms in total. The minimum Gasteiger partial charge on any atom is -0.350 e. The minimum absolute atomic E-state index is 0.00831. The first kappa shape index (κ1) is 17.0. The molecule has 0 aliphatic carbocycles. The lowest BCUT2D eigenvalue weighted by Crippen LogP contribution is -2.54. The lowest BCUT2D eigenvalue weighted by Gasteiger charge is -2.36. The SMILES string of the molecule is Cc1cc(=O)[nH]c(N2CCCC(NC(=O)C3CCCCN3C)C2)n1. The van der Waals surface area contributed by atoms with Crippen LogP contribution in [0.2, 0.25) is 0 Å². The van der Waals surface area contributed by atoms with E-state index in [1.165, 1.54) is 12.5 Å². The average Bonchev–Trinajstić information content (AvgIpc) is 2.54. The summed E-state index contributed by atoms with van der Waals surface area (Å²) >= 11 is 0. The van der Waals surface area contributed by atoms with Crippen LogP contribution in [0.3, 0.4) is 0 Å². The number of piperidine rings is 2. The zero-order chi connectivity index (χ0) is 17.1.